The van der Waals surface area contributed by atoms with E-state index in [9.17, 15) is 9.59 Å². The van der Waals surface area contributed by atoms with Crippen LogP contribution >= 0.6 is 0 Å². The minimum atomic E-state index is -0.623. The number of nitrogens with one attached hydrogen (secondary N) is 2. The monoisotopic (exact) mass is 448 g/mol. The van der Waals surface area contributed by atoms with E-state index >= 15 is 0 Å². The van der Waals surface area contributed by atoms with Gasteiger partial charge in [-0.15, -0.1) is 0 Å². The maximum Gasteiger partial charge on any atom is 0.243 e. The van der Waals surface area contributed by atoms with Crippen molar-refractivity contribution in [3.8, 4) is 11.5 Å². The zero-order valence-corrected chi connectivity index (χ0v) is 19.7. The molecule has 6 heteroatoms. The summed E-state index contributed by atoms with van der Waals surface area (Å²) in [5, 5.41) is 8.05. The van der Waals surface area contributed by atoms with Gasteiger partial charge in [-0.2, -0.15) is 0 Å². The fourth-order valence-corrected chi connectivity index (χ4v) is 3.69. The van der Waals surface area contributed by atoms with E-state index in [1.54, 1.807) is 7.11 Å². The molecule has 0 saturated heterocycles. The molecule has 33 heavy (non-hydrogen) atoms. The van der Waals surface area contributed by atoms with Crippen molar-refractivity contribution in [1.82, 2.24) is 10.6 Å². The van der Waals surface area contributed by atoms with Crippen LogP contribution in [0.1, 0.15) is 31.9 Å². The first-order chi connectivity index (χ1) is 15.9. The summed E-state index contributed by atoms with van der Waals surface area (Å²) in [6, 6.07) is 18.9. The number of methoxy groups -OCH3 is 1. The second kappa shape index (κ2) is 11.4. The van der Waals surface area contributed by atoms with Crippen LogP contribution in [-0.2, 0) is 22.6 Å². The third-order valence-corrected chi connectivity index (χ3v) is 5.44. The summed E-state index contributed by atoms with van der Waals surface area (Å²) in [5.41, 5.74) is 1.80. The van der Waals surface area contributed by atoms with E-state index in [2.05, 4.69) is 10.6 Å². The van der Waals surface area contributed by atoms with E-state index in [4.69, 9.17) is 9.47 Å². The van der Waals surface area contributed by atoms with E-state index in [1.165, 1.54) is 0 Å². The van der Waals surface area contributed by atoms with Gasteiger partial charge in [-0.1, -0.05) is 62.4 Å². The van der Waals surface area contributed by atoms with Crippen LogP contribution in [0.25, 0.3) is 10.8 Å². The van der Waals surface area contributed by atoms with Crippen LogP contribution in [0.15, 0.2) is 60.7 Å². The molecule has 0 aliphatic rings. The van der Waals surface area contributed by atoms with Gasteiger partial charge in [0.1, 0.15) is 6.04 Å². The molecular formula is C27H32N2O4. The maximum atomic E-state index is 12.9. The average Bonchev–Trinajstić information content (AvgIpc) is 2.81. The van der Waals surface area contributed by atoms with Gasteiger partial charge in [0.05, 0.1) is 20.1 Å². The van der Waals surface area contributed by atoms with E-state index in [0.29, 0.717) is 24.7 Å². The Balaban J connectivity index is 1.60. The van der Waals surface area contributed by atoms with Crippen LogP contribution < -0.4 is 20.1 Å². The molecule has 0 radical (unpaired) electrons. The van der Waals surface area contributed by atoms with Crippen LogP contribution in [0.5, 0.6) is 11.5 Å². The third-order valence-electron chi connectivity index (χ3n) is 5.44. The normalized spacial score (nSPS) is 11.8. The molecule has 6 nitrogen and oxygen atoms in total. The van der Waals surface area contributed by atoms with Crippen LogP contribution in [0.3, 0.4) is 0 Å². The number of amides is 2. The third kappa shape index (κ3) is 6.48. The van der Waals surface area contributed by atoms with Crippen molar-refractivity contribution in [3.05, 3.63) is 71.8 Å². The number of hydrogen-bond donors (Lipinski definition) is 2. The quantitative estimate of drug-likeness (QED) is 0.486. The van der Waals surface area contributed by atoms with Crippen LogP contribution in [0.2, 0.25) is 0 Å². The molecule has 3 aromatic carbocycles. The molecule has 1 unspecified atom stereocenters. The highest BCUT2D eigenvalue weighted by molar-refractivity contribution is 5.89. The molecule has 1 atom stereocenters. The number of ether oxygens (including phenoxy) is 2. The van der Waals surface area contributed by atoms with Gasteiger partial charge in [-0.25, -0.2) is 0 Å². The lowest BCUT2D eigenvalue weighted by Gasteiger charge is -2.22. The summed E-state index contributed by atoms with van der Waals surface area (Å²) in [6.45, 7) is 6.61. The average molecular weight is 449 g/mol. The van der Waals surface area contributed by atoms with E-state index in [-0.39, 0.29) is 24.2 Å². The Morgan fingerprint density at radius 2 is 1.64 bits per heavy atom. The lowest BCUT2D eigenvalue weighted by molar-refractivity contribution is -0.129. The fraction of sp³-hybridized carbons (Fsp3) is 0.333. The van der Waals surface area contributed by atoms with Gasteiger partial charge >= 0.3 is 0 Å². The van der Waals surface area contributed by atoms with Gasteiger partial charge in [0.25, 0.3) is 0 Å². The smallest absolute Gasteiger partial charge is 0.243 e. The van der Waals surface area contributed by atoms with Crippen LogP contribution in [0.4, 0.5) is 0 Å². The lowest BCUT2D eigenvalue weighted by Crippen LogP contribution is -2.49. The Morgan fingerprint density at radius 1 is 0.909 bits per heavy atom. The fourth-order valence-electron chi connectivity index (χ4n) is 3.69. The van der Waals surface area contributed by atoms with Crippen molar-refractivity contribution < 1.29 is 19.1 Å². The Kier molecular flexibility index (Phi) is 8.30. The van der Waals surface area contributed by atoms with Crippen molar-refractivity contribution >= 4 is 22.6 Å². The van der Waals surface area contributed by atoms with Crippen molar-refractivity contribution in [2.45, 2.75) is 39.8 Å². The van der Waals surface area contributed by atoms with Gasteiger partial charge in [0.2, 0.25) is 11.8 Å². The molecule has 174 valence electrons. The number of hydrogen-bond acceptors (Lipinski definition) is 4. The topological polar surface area (TPSA) is 76.7 Å². The molecular weight excluding hydrogens is 416 g/mol. The highest BCUT2D eigenvalue weighted by atomic mass is 16.5. The molecule has 0 heterocycles. The number of carbonyl (C=O) groups is 2. The first-order valence-corrected chi connectivity index (χ1v) is 11.3. The Bertz CT molecular complexity index is 1110. The summed E-state index contributed by atoms with van der Waals surface area (Å²) in [6.07, 6.45) is 0.220. The van der Waals surface area contributed by atoms with E-state index in [0.717, 1.165) is 21.9 Å². The maximum absolute atomic E-state index is 12.9. The Hall–Kier alpha value is -3.54. The highest BCUT2D eigenvalue weighted by Gasteiger charge is 2.24. The highest BCUT2D eigenvalue weighted by Crippen LogP contribution is 2.28. The van der Waals surface area contributed by atoms with Crippen molar-refractivity contribution in [2.75, 3.05) is 13.7 Å². The van der Waals surface area contributed by atoms with Crippen LogP contribution in [0, 0.1) is 5.92 Å². The SMILES string of the molecule is CCOc1ccc(CNC(=O)C(NC(=O)Cc2ccc3ccccc3c2)C(C)C)cc1OC. The zero-order valence-electron chi connectivity index (χ0n) is 19.7. The molecule has 0 aromatic heterocycles. The van der Waals surface area contributed by atoms with Gasteiger partial charge in [0, 0.05) is 6.54 Å². The molecule has 0 saturated carbocycles. The Labute approximate surface area is 195 Å². The molecule has 0 aliphatic heterocycles. The van der Waals surface area contributed by atoms with Crippen molar-refractivity contribution in [2.24, 2.45) is 5.92 Å². The minimum absolute atomic E-state index is 0.0552. The molecule has 2 amide bonds. The molecule has 0 spiro atoms. The summed E-state index contributed by atoms with van der Waals surface area (Å²) in [4.78, 5) is 25.6. The standard InChI is InChI=1S/C27H32N2O4/c1-5-33-23-13-11-20(15-24(23)32-4)17-28-27(31)26(18(2)3)29-25(30)16-19-10-12-21-8-6-7-9-22(21)14-19/h6-15,18,26H,5,16-17H2,1-4H3,(H,28,31)(H,29,30). The summed E-state index contributed by atoms with van der Waals surface area (Å²) < 4.78 is 10.9. The number of fused-ring (bicyclic) bond motifs is 1. The first kappa shape index (κ1) is 24.1. The van der Waals surface area contributed by atoms with Gasteiger partial charge in [-0.3, -0.25) is 9.59 Å². The second-order valence-corrected chi connectivity index (χ2v) is 8.28. The van der Waals surface area contributed by atoms with Gasteiger partial charge < -0.3 is 20.1 Å². The molecule has 3 rings (SSSR count). The predicted octanol–water partition coefficient (Wildman–Crippen LogP) is 4.25. The van der Waals surface area contributed by atoms with Gasteiger partial charge in [0.15, 0.2) is 11.5 Å². The second-order valence-electron chi connectivity index (χ2n) is 8.28. The largest absolute Gasteiger partial charge is 0.493 e. The summed E-state index contributed by atoms with van der Waals surface area (Å²) in [7, 11) is 1.58. The summed E-state index contributed by atoms with van der Waals surface area (Å²) >= 11 is 0. The number of benzene rings is 3. The zero-order chi connectivity index (χ0) is 23.8. The van der Waals surface area contributed by atoms with Crippen LogP contribution in [-0.4, -0.2) is 31.6 Å². The molecule has 0 aliphatic carbocycles. The van der Waals surface area contributed by atoms with Crippen molar-refractivity contribution in [1.29, 1.82) is 0 Å². The molecule has 0 bridgehead atoms. The molecule has 0 fully saturated rings. The first-order valence-electron chi connectivity index (χ1n) is 11.3. The molecule has 3 aromatic rings. The molecule has 2 N–H and O–H groups in total. The van der Waals surface area contributed by atoms with Gasteiger partial charge in [-0.05, 0) is 46.9 Å². The van der Waals surface area contributed by atoms with Crippen molar-refractivity contribution in [3.63, 3.8) is 0 Å². The predicted molar refractivity (Wildman–Crippen MR) is 130 cm³/mol. The lowest BCUT2D eigenvalue weighted by atomic mass is 10.0. The van der Waals surface area contributed by atoms with E-state index < -0.39 is 6.04 Å². The summed E-state index contributed by atoms with van der Waals surface area (Å²) in [5.74, 6) is 0.829. The van der Waals surface area contributed by atoms with E-state index in [1.807, 2.05) is 81.4 Å². The number of carbonyl (C=O) groups excluding carboxylic acids is 2. The Morgan fingerprint density at radius 3 is 2.33 bits per heavy atom. The number of rotatable bonds is 10. The minimum Gasteiger partial charge on any atom is -0.493 e.